The Hall–Kier alpha value is -0.460. The van der Waals surface area contributed by atoms with Crippen LogP contribution in [-0.2, 0) is 0 Å². The predicted octanol–water partition coefficient (Wildman–Crippen LogP) is 1.90. The van der Waals surface area contributed by atoms with Crippen LogP contribution < -0.4 is 5.73 Å². The molecule has 0 saturated heterocycles. The molecule has 0 fully saturated rings. The summed E-state index contributed by atoms with van der Waals surface area (Å²) < 4.78 is 0. The van der Waals surface area contributed by atoms with Crippen molar-refractivity contribution in [3.8, 4) is 0 Å². The zero-order valence-electron chi connectivity index (χ0n) is 5.94. The Balaban J connectivity index is 3.63. The second-order valence-corrected chi connectivity index (χ2v) is 2.10. The molecule has 0 aliphatic heterocycles. The standard InChI is InChI=1S/C7H15N/c1-4-6(3)7(8)5-2/h5-6H,4,8H2,1-3H3/b7-5+. The van der Waals surface area contributed by atoms with Crippen LogP contribution in [0, 0.1) is 5.92 Å². The molecule has 0 spiro atoms. The molecule has 1 heteroatoms. The molecule has 8 heavy (non-hydrogen) atoms. The van der Waals surface area contributed by atoms with E-state index < -0.39 is 0 Å². The van der Waals surface area contributed by atoms with E-state index in [-0.39, 0.29) is 0 Å². The quantitative estimate of drug-likeness (QED) is 0.581. The number of rotatable bonds is 2. The Morgan fingerprint density at radius 3 is 2.38 bits per heavy atom. The van der Waals surface area contributed by atoms with Crippen molar-refractivity contribution in [2.45, 2.75) is 27.2 Å². The van der Waals surface area contributed by atoms with Crippen molar-refractivity contribution >= 4 is 0 Å². The number of hydrogen-bond acceptors (Lipinski definition) is 1. The van der Waals surface area contributed by atoms with E-state index >= 15 is 0 Å². The molecule has 1 unspecified atom stereocenters. The first-order valence-corrected chi connectivity index (χ1v) is 3.14. The molecule has 0 bridgehead atoms. The van der Waals surface area contributed by atoms with Crippen molar-refractivity contribution in [3.05, 3.63) is 11.8 Å². The number of hydrogen-bond donors (Lipinski definition) is 1. The highest BCUT2D eigenvalue weighted by molar-refractivity contribution is 4.97. The first kappa shape index (κ1) is 7.54. The second-order valence-electron chi connectivity index (χ2n) is 2.10. The lowest BCUT2D eigenvalue weighted by Gasteiger charge is -2.06. The minimum absolute atomic E-state index is 0.556. The summed E-state index contributed by atoms with van der Waals surface area (Å²) in [4.78, 5) is 0. The highest BCUT2D eigenvalue weighted by Gasteiger charge is 1.97. The lowest BCUT2D eigenvalue weighted by atomic mass is 10.1. The molecule has 0 aromatic carbocycles. The molecule has 0 aromatic rings. The van der Waals surface area contributed by atoms with Crippen LogP contribution >= 0.6 is 0 Å². The highest BCUT2D eigenvalue weighted by atomic mass is 14.6. The maximum Gasteiger partial charge on any atom is 0.00658 e. The Morgan fingerprint density at radius 1 is 1.75 bits per heavy atom. The van der Waals surface area contributed by atoms with Crippen molar-refractivity contribution < 1.29 is 0 Å². The topological polar surface area (TPSA) is 26.0 Å². The monoisotopic (exact) mass is 113 g/mol. The number of nitrogens with two attached hydrogens (primary N) is 1. The van der Waals surface area contributed by atoms with Gasteiger partial charge in [-0.3, -0.25) is 0 Å². The van der Waals surface area contributed by atoms with Crippen molar-refractivity contribution in [2.75, 3.05) is 0 Å². The third-order valence-corrected chi connectivity index (χ3v) is 1.51. The van der Waals surface area contributed by atoms with Crippen LogP contribution in [-0.4, -0.2) is 0 Å². The van der Waals surface area contributed by atoms with Gasteiger partial charge in [-0.25, -0.2) is 0 Å². The van der Waals surface area contributed by atoms with Crippen LogP contribution in [0.15, 0.2) is 11.8 Å². The van der Waals surface area contributed by atoms with E-state index in [1.165, 1.54) is 0 Å². The van der Waals surface area contributed by atoms with Crippen molar-refractivity contribution in [1.29, 1.82) is 0 Å². The SMILES string of the molecule is C/C=C(/N)C(C)CC. The van der Waals surface area contributed by atoms with Gasteiger partial charge in [0, 0.05) is 5.70 Å². The lowest BCUT2D eigenvalue weighted by molar-refractivity contribution is 0.646. The summed E-state index contributed by atoms with van der Waals surface area (Å²) in [7, 11) is 0. The van der Waals surface area contributed by atoms with Gasteiger partial charge in [-0.05, 0) is 19.3 Å². The largest absolute Gasteiger partial charge is 0.402 e. The van der Waals surface area contributed by atoms with Crippen LogP contribution in [0.4, 0.5) is 0 Å². The van der Waals surface area contributed by atoms with Gasteiger partial charge >= 0.3 is 0 Å². The minimum atomic E-state index is 0.556. The third kappa shape index (κ3) is 2.01. The fraction of sp³-hybridized carbons (Fsp3) is 0.714. The molecule has 0 aromatic heterocycles. The average Bonchev–Trinajstić information content (AvgIpc) is 1.84. The van der Waals surface area contributed by atoms with Crippen LogP contribution in [0.5, 0.6) is 0 Å². The number of allylic oxidation sites excluding steroid dienone is 2. The molecule has 48 valence electrons. The molecule has 1 atom stereocenters. The van der Waals surface area contributed by atoms with Crippen molar-refractivity contribution in [2.24, 2.45) is 11.7 Å². The Morgan fingerprint density at radius 2 is 2.25 bits per heavy atom. The molecular formula is C7H15N. The predicted molar refractivity (Wildman–Crippen MR) is 37.4 cm³/mol. The normalized spacial score (nSPS) is 16.1. The maximum absolute atomic E-state index is 5.59. The van der Waals surface area contributed by atoms with Gasteiger partial charge < -0.3 is 5.73 Å². The molecule has 0 radical (unpaired) electrons. The van der Waals surface area contributed by atoms with Gasteiger partial charge in [-0.2, -0.15) is 0 Å². The summed E-state index contributed by atoms with van der Waals surface area (Å²) in [5.41, 5.74) is 6.60. The van der Waals surface area contributed by atoms with E-state index in [1.54, 1.807) is 0 Å². The van der Waals surface area contributed by atoms with Gasteiger partial charge in [-0.15, -0.1) is 0 Å². The first-order valence-electron chi connectivity index (χ1n) is 3.14. The lowest BCUT2D eigenvalue weighted by Crippen LogP contribution is -2.06. The highest BCUT2D eigenvalue weighted by Crippen LogP contribution is 2.06. The second kappa shape index (κ2) is 3.53. The fourth-order valence-corrected chi connectivity index (χ4v) is 0.520. The van der Waals surface area contributed by atoms with Gasteiger partial charge in [0.1, 0.15) is 0 Å². The zero-order chi connectivity index (χ0) is 6.57. The van der Waals surface area contributed by atoms with Gasteiger partial charge in [0.05, 0.1) is 0 Å². The van der Waals surface area contributed by atoms with E-state index in [1.807, 2.05) is 13.0 Å². The summed E-state index contributed by atoms with van der Waals surface area (Å²) in [6, 6.07) is 0. The molecule has 0 saturated carbocycles. The van der Waals surface area contributed by atoms with E-state index in [4.69, 9.17) is 5.73 Å². The molecule has 0 rings (SSSR count). The van der Waals surface area contributed by atoms with Crippen molar-refractivity contribution in [1.82, 2.24) is 0 Å². The minimum Gasteiger partial charge on any atom is -0.402 e. The summed E-state index contributed by atoms with van der Waals surface area (Å²) in [6.45, 7) is 6.25. The zero-order valence-corrected chi connectivity index (χ0v) is 5.94. The average molecular weight is 113 g/mol. The fourth-order valence-electron chi connectivity index (χ4n) is 0.520. The third-order valence-electron chi connectivity index (χ3n) is 1.51. The summed E-state index contributed by atoms with van der Waals surface area (Å²) in [5, 5.41) is 0. The van der Waals surface area contributed by atoms with Crippen LogP contribution in [0.2, 0.25) is 0 Å². The van der Waals surface area contributed by atoms with E-state index in [0.717, 1.165) is 12.1 Å². The Bertz CT molecular complexity index is 84.4. The van der Waals surface area contributed by atoms with Crippen LogP contribution in [0.1, 0.15) is 27.2 Å². The molecule has 0 aliphatic rings. The molecule has 2 N–H and O–H groups in total. The summed E-state index contributed by atoms with van der Waals surface area (Å²) in [5.74, 6) is 0.556. The molecule has 0 heterocycles. The smallest absolute Gasteiger partial charge is 0.00658 e. The first-order chi connectivity index (χ1) is 3.72. The maximum atomic E-state index is 5.59. The van der Waals surface area contributed by atoms with E-state index in [9.17, 15) is 0 Å². The van der Waals surface area contributed by atoms with Crippen molar-refractivity contribution in [3.63, 3.8) is 0 Å². The summed E-state index contributed by atoms with van der Waals surface area (Å²) >= 11 is 0. The summed E-state index contributed by atoms with van der Waals surface area (Å²) in [6.07, 6.45) is 3.10. The van der Waals surface area contributed by atoms with Crippen LogP contribution in [0.3, 0.4) is 0 Å². The molecule has 1 nitrogen and oxygen atoms in total. The molecule has 0 aliphatic carbocycles. The van der Waals surface area contributed by atoms with Gasteiger partial charge in [0.15, 0.2) is 0 Å². The van der Waals surface area contributed by atoms with Crippen LogP contribution in [0.25, 0.3) is 0 Å². The molecular weight excluding hydrogens is 98.1 g/mol. The van der Waals surface area contributed by atoms with Gasteiger partial charge in [0.25, 0.3) is 0 Å². The van der Waals surface area contributed by atoms with Gasteiger partial charge in [-0.1, -0.05) is 19.9 Å². The van der Waals surface area contributed by atoms with E-state index in [2.05, 4.69) is 13.8 Å². The Kier molecular flexibility index (Phi) is 3.33. The van der Waals surface area contributed by atoms with E-state index in [0.29, 0.717) is 5.92 Å². The molecule has 0 amide bonds. The Labute approximate surface area is 51.6 Å². The van der Waals surface area contributed by atoms with Gasteiger partial charge in [0.2, 0.25) is 0 Å².